The largest absolute Gasteiger partial charge is 0.457 e. The van der Waals surface area contributed by atoms with Crippen molar-refractivity contribution < 1.29 is 27.3 Å². The molecule has 0 radical (unpaired) electrons. The third-order valence-corrected chi connectivity index (χ3v) is 7.23. The number of Topliss-reactive ketones (excluding diaryl/α,β-unsaturated/α-hetero) is 1. The first-order chi connectivity index (χ1) is 13.6. The Hall–Kier alpha value is -2.42. The number of esters is 1. The van der Waals surface area contributed by atoms with E-state index in [0.29, 0.717) is 29.9 Å². The third kappa shape index (κ3) is 4.60. The number of hydrogen-bond acceptors (Lipinski definition) is 7. The second kappa shape index (κ2) is 8.14. The number of rotatable bonds is 7. The van der Waals surface area contributed by atoms with Crippen LogP contribution in [0, 0.1) is 27.7 Å². The van der Waals surface area contributed by atoms with Crippen LogP contribution in [0.5, 0.6) is 0 Å². The van der Waals surface area contributed by atoms with Gasteiger partial charge in [-0.25, -0.2) is 8.42 Å². The van der Waals surface area contributed by atoms with Crippen molar-refractivity contribution in [3.63, 3.8) is 0 Å². The number of aryl methyl sites for hydroxylation is 3. The molecule has 1 aliphatic heterocycles. The minimum absolute atomic E-state index is 0.0910. The quantitative estimate of drug-likeness (QED) is 0.498. The first-order valence-corrected chi connectivity index (χ1v) is 11.4. The highest BCUT2D eigenvalue weighted by Gasteiger charge is 2.31. The second-order valence-corrected chi connectivity index (χ2v) is 9.83. The summed E-state index contributed by atoms with van der Waals surface area (Å²) in [6.07, 6.45) is 1.12. The molecule has 1 atom stereocenters. The summed E-state index contributed by atoms with van der Waals surface area (Å²) in [6, 6.07) is 1.58. The van der Waals surface area contributed by atoms with Gasteiger partial charge < -0.3 is 13.8 Å². The van der Waals surface area contributed by atoms with Gasteiger partial charge in [-0.2, -0.15) is 0 Å². The predicted molar refractivity (Wildman–Crippen MR) is 106 cm³/mol. The van der Waals surface area contributed by atoms with Crippen molar-refractivity contribution in [2.45, 2.75) is 53.0 Å². The van der Waals surface area contributed by atoms with Crippen LogP contribution >= 0.6 is 0 Å². The van der Waals surface area contributed by atoms with E-state index >= 15 is 0 Å². The molecular formula is C20H26N2O6S. The van der Waals surface area contributed by atoms with Crippen molar-refractivity contribution in [2.75, 3.05) is 18.1 Å². The Bertz CT molecular complexity index is 1030. The molecule has 0 spiro atoms. The number of nitrogens with zero attached hydrogens (tertiary/aromatic N) is 2. The van der Waals surface area contributed by atoms with Gasteiger partial charge in [0.1, 0.15) is 5.76 Å². The fourth-order valence-corrected chi connectivity index (χ4v) is 5.68. The summed E-state index contributed by atoms with van der Waals surface area (Å²) in [5.74, 6) is 0.173. The molecule has 0 unspecified atom stereocenters. The summed E-state index contributed by atoms with van der Waals surface area (Å²) < 4.78 is 35.7. The van der Waals surface area contributed by atoms with Crippen molar-refractivity contribution in [1.82, 2.24) is 9.72 Å². The summed E-state index contributed by atoms with van der Waals surface area (Å²) in [5, 5.41) is 3.85. The Kier molecular flexibility index (Phi) is 5.97. The van der Waals surface area contributed by atoms with Gasteiger partial charge in [0, 0.05) is 35.0 Å². The van der Waals surface area contributed by atoms with Crippen LogP contribution in [-0.4, -0.2) is 48.0 Å². The van der Waals surface area contributed by atoms with Crippen molar-refractivity contribution >= 4 is 21.6 Å². The van der Waals surface area contributed by atoms with Gasteiger partial charge in [0.2, 0.25) is 5.78 Å². The maximum atomic E-state index is 12.6. The van der Waals surface area contributed by atoms with E-state index < -0.39 is 15.8 Å². The van der Waals surface area contributed by atoms with E-state index in [1.807, 2.05) is 18.4 Å². The molecule has 0 saturated carbocycles. The summed E-state index contributed by atoms with van der Waals surface area (Å²) in [5.41, 5.74) is 3.63. The molecule has 9 heteroatoms. The Morgan fingerprint density at radius 3 is 2.59 bits per heavy atom. The number of aromatic nitrogens is 2. The van der Waals surface area contributed by atoms with E-state index in [1.54, 1.807) is 19.9 Å². The highest BCUT2D eigenvalue weighted by molar-refractivity contribution is 7.91. The summed E-state index contributed by atoms with van der Waals surface area (Å²) >= 11 is 0. The lowest BCUT2D eigenvalue weighted by Gasteiger charge is -2.16. The van der Waals surface area contributed by atoms with Crippen LogP contribution in [-0.2, 0) is 25.8 Å². The molecule has 158 valence electrons. The van der Waals surface area contributed by atoms with Crippen LogP contribution in [0.3, 0.4) is 0 Å². The van der Waals surface area contributed by atoms with Gasteiger partial charge in [-0.1, -0.05) is 5.16 Å². The topological polar surface area (TPSA) is 108 Å². The van der Waals surface area contributed by atoms with E-state index in [9.17, 15) is 18.0 Å². The van der Waals surface area contributed by atoms with E-state index in [2.05, 4.69) is 5.16 Å². The predicted octanol–water partition coefficient (Wildman–Crippen LogP) is 2.43. The number of sulfone groups is 1. The van der Waals surface area contributed by atoms with Gasteiger partial charge >= 0.3 is 5.97 Å². The molecular weight excluding hydrogens is 396 g/mol. The Labute approximate surface area is 170 Å². The van der Waals surface area contributed by atoms with E-state index in [-0.39, 0.29) is 36.4 Å². The van der Waals surface area contributed by atoms with Gasteiger partial charge in [-0.3, -0.25) is 9.59 Å². The summed E-state index contributed by atoms with van der Waals surface area (Å²) in [4.78, 5) is 24.6. The highest BCUT2D eigenvalue weighted by Crippen LogP contribution is 2.29. The molecule has 29 heavy (non-hydrogen) atoms. The average molecular weight is 423 g/mol. The first-order valence-electron chi connectivity index (χ1n) is 9.58. The lowest BCUT2D eigenvalue weighted by molar-refractivity contribution is -0.142. The molecule has 0 amide bonds. The monoisotopic (exact) mass is 422 g/mol. The fraction of sp³-hybridized carbons (Fsp3) is 0.550. The summed E-state index contributed by atoms with van der Waals surface area (Å²) in [6.45, 7) is 6.91. The molecule has 1 saturated heterocycles. The SMILES string of the molecule is Cc1noc(C)c1CCC(=O)OCC(=O)c1cc(C)n([C@H]2CCS(=O)(=O)C2)c1C. The van der Waals surface area contributed by atoms with Crippen molar-refractivity contribution in [3.05, 3.63) is 40.0 Å². The molecule has 2 aromatic heterocycles. The van der Waals surface area contributed by atoms with Gasteiger partial charge in [-0.15, -0.1) is 0 Å². The van der Waals surface area contributed by atoms with Crippen LogP contribution in [0.1, 0.15) is 57.6 Å². The van der Waals surface area contributed by atoms with E-state index in [4.69, 9.17) is 9.26 Å². The molecule has 0 N–H and O–H groups in total. The minimum atomic E-state index is -3.03. The van der Waals surface area contributed by atoms with Crippen LogP contribution in [0.4, 0.5) is 0 Å². The number of ether oxygens (including phenoxy) is 1. The van der Waals surface area contributed by atoms with Gasteiger partial charge in [0.25, 0.3) is 0 Å². The summed E-state index contributed by atoms with van der Waals surface area (Å²) in [7, 11) is -3.03. The Balaban J connectivity index is 1.60. The highest BCUT2D eigenvalue weighted by atomic mass is 32.2. The van der Waals surface area contributed by atoms with Gasteiger partial charge in [-0.05, 0) is 46.6 Å². The zero-order valence-electron chi connectivity index (χ0n) is 17.1. The maximum absolute atomic E-state index is 12.6. The molecule has 0 aromatic carbocycles. The van der Waals surface area contributed by atoms with Crippen LogP contribution in [0.25, 0.3) is 0 Å². The average Bonchev–Trinajstić information content (AvgIpc) is 3.26. The third-order valence-electron chi connectivity index (χ3n) is 5.48. The standard InChI is InChI=1S/C20H26N2O6S/c1-12-9-18(14(3)22(12)16-7-8-29(25,26)11-16)19(23)10-27-20(24)6-5-17-13(2)21-28-15(17)4/h9,16H,5-8,10-11H2,1-4H3/t16-/m0/s1. The lowest BCUT2D eigenvalue weighted by Crippen LogP contribution is -2.17. The molecule has 3 rings (SSSR count). The van der Waals surface area contributed by atoms with Gasteiger partial charge in [0.05, 0.1) is 17.2 Å². The normalized spacial score (nSPS) is 18.1. The molecule has 3 heterocycles. The molecule has 2 aromatic rings. The van der Waals surface area contributed by atoms with E-state index in [1.165, 1.54) is 0 Å². The van der Waals surface area contributed by atoms with Crippen molar-refractivity contribution in [1.29, 1.82) is 0 Å². The first kappa shape index (κ1) is 21.3. The zero-order chi connectivity index (χ0) is 21.3. The smallest absolute Gasteiger partial charge is 0.306 e. The van der Waals surface area contributed by atoms with Gasteiger partial charge in [0.15, 0.2) is 16.4 Å². The van der Waals surface area contributed by atoms with Crippen molar-refractivity contribution in [2.24, 2.45) is 0 Å². The number of ketones is 1. The number of hydrogen-bond donors (Lipinski definition) is 0. The molecule has 1 aliphatic rings. The van der Waals surface area contributed by atoms with Crippen LogP contribution in [0.15, 0.2) is 10.6 Å². The Morgan fingerprint density at radius 2 is 2.00 bits per heavy atom. The fourth-order valence-electron chi connectivity index (χ4n) is 3.98. The van der Waals surface area contributed by atoms with Crippen LogP contribution < -0.4 is 0 Å². The second-order valence-electron chi connectivity index (χ2n) is 7.60. The van der Waals surface area contributed by atoms with Crippen molar-refractivity contribution in [3.8, 4) is 0 Å². The molecule has 0 bridgehead atoms. The maximum Gasteiger partial charge on any atom is 0.306 e. The van der Waals surface area contributed by atoms with Crippen LogP contribution in [0.2, 0.25) is 0 Å². The lowest BCUT2D eigenvalue weighted by atomic mass is 10.1. The number of carbonyl (C=O) groups is 2. The molecule has 1 fully saturated rings. The minimum Gasteiger partial charge on any atom is -0.457 e. The molecule has 8 nitrogen and oxygen atoms in total. The Morgan fingerprint density at radius 1 is 1.28 bits per heavy atom. The molecule has 0 aliphatic carbocycles. The zero-order valence-corrected chi connectivity index (χ0v) is 18.0. The number of carbonyl (C=O) groups excluding carboxylic acids is 2. The van der Waals surface area contributed by atoms with E-state index in [0.717, 1.165) is 17.0 Å².